The molecule has 1 N–H and O–H groups in total. The third-order valence-corrected chi connectivity index (χ3v) is 3.70. The number of halogens is 1. The zero-order valence-corrected chi connectivity index (χ0v) is 15.6. The van der Waals surface area contributed by atoms with Gasteiger partial charge in [-0.1, -0.05) is 20.8 Å². The molecule has 1 aromatic carbocycles. The Morgan fingerprint density at radius 2 is 1.80 bits per heavy atom. The van der Waals surface area contributed by atoms with E-state index < -0.39 is 0 Å². The van der Waals surface area contributed by atoms with E-state index in [2.05, 4.69) is 31.1 Å². The molecular weight excluding hydrogens is 319 g/mol. The van der Waals surface area contributed by atoms with E-state index in [1.54, 1.807) is 18.3 Å². The van der Waals surface area contributed by atoms with Crippen LogP contribution in [0.5, 0.6) is 0 Å². The summed E-state index contributed by atoms with van der Waals surface area (Å²) in [5.41, 5.74) is 0.644. The van der Waals surface area contributed by atoms with E-state index >= 15 is 0 Å². The molecule has 4 nitrogen and oxygen atoms in total. The summed E-state index contributed by atoms with van der Waals surface area (Å²) in [5.74, 6) is 0.764. The molecule has 0 aliphatic carbocycles. The van der Waals surface area contributed by atoms with E-state index in [1.165, 1.54) is 12.1 Å². The average Bonchev–Trinajstić information content (AvgIpc) is 2.91. The number of amides is 1. The zero-order valence-electron chi connectivity index (χ0n) is 15.6. The fourth-order valence-corrected chi connectivity index (χ4v) is 3.20. The van der Waals surface area contributed by atoms with Crippen LogP contribution >= 0.6 is 0 Å². The van der Waals surface area contributed by atoms with Gasteiger partial charge in [0.2, 0.25) is 5.91 Å². The van der Waals surface area contributed by atoms with Crippen molar-refractivity contribution in [3.8, 4) is 11.3 Å². The van der Waals surface area contributed by atoms with Gasteiger partial charge in [0.1, 0.15) is 5.82 Å². The van der Waals surface area contributed by atoms with Crippen molar-refractivity contribution < 1.29 is 13.6 Å². The van der Waals surface area contributed by atoms with E-state index in [9.17, 15) is 9.18 Å². The van der Waals surface area contributed by atoms with Crippen molar-refractivity contribution in [1.82, 2.24) is 10.3 Å². The Morgan fingerprint density at radius 3 is 2.40 bits per heavy atom. The van der Waals surface area contributed by atoms with Gasteiger partial charge in [0.15, 0.2) is 11.7 Å². The topological polar surface area (TPSA) is 55.1 Å². The largest absolute Gasteiger partial charge is 0.441 e. The van der Waals surface area contributed by atoms with Crippen molar-refractivity contribution in [1.29, 1.82) is 0 Å². The molecule has 1 heterocycles. The molecule has 0 atom stereocenters. The third-order valence-electron chi connectivity index (χ3n) is 3.70. The summed E-state index contributed by atoms with van der Waals surface area (Å²) in [6.07, 6.45) is 3.24. The molecule has 0 bridgehead atoms. The highest BCUT2D eigenvalue weighted by atomic mass is 19.1. The molecule has 25 heavy (non-hydrogen) atoms. The maximum atomic E-state index is 13.0. The summed E-state index contributed by atoms with van der Waals surface area (Å²) in [6.45, 7) is 10.5. The minimum absolute atomic E-state index is 0.0178. The normalized spacial score (nSPS) is 12.2. The number of hydrogen-bond acceptors (Lipinski definition) is 3. The lowest BCUT2D eigenvalue weighted by molar-refractivity contribution is -0.123. The predicted octanol–water partition coefficient (Wildman–Crippen LogP) is 4.74. The second-order valence-corrected chi connectivity index (χ2v) is 8.29. The summed E-state index contributed by atoms with van der Waals surface area (Å²) < 4.78 is 18.6. The number of rotatable bonds is 6. The standard InChI is InChI=1S/C20H27FN2O2/c1-19(2,3)13-20(4,5)23-17(24)10-11-18-22-12-16(25-18)14-6-8-15(21)9-7-14/h6-9,12H,10-11,13H2,1-5H3,(H,23,24). The number of benzene rings is 1. The predicted molar refractivity (Wildman–Crippen MR) is 96.5 cm³/mol. The van der Waals surface area contributed by atoms with E-state index in [0.29, 0.717) is 24.5 Å². The van der Waals surface area contributed by atoms with Crippen molar-refractivity contribution in [2.45, 2.75) is 59.4 Å². The van der Waals surface area contributed by atoms with Crippen molar-refractivity contribution in [3.05, 3.63) is 42.2 Å². The molecule has 0 unspecified atom stereocenters. The molecule has 0 aliphatic rings. The Hall–Kier alpha value is -2.17. The number of oxazole rings is 1. The number of nitrogens with zero attached hydrogens (tertiary/aromatic N) is 1. The van der Waals surface area contributed by atoms with Gasteiger partial charge >= 0.3 is 0 Å². The number of nitrogens with one attached hydrogen (secondary N) is 1. The molecule has 0 saturated heterocycles. The molecule has 1 aromatic heterocycles. The van der Waals surface area contributed by atoms with Crippen LogP contribution in [0.1, 0.15) is 53.4 Å². The second kappa shape index (κ2) is 7.38. The Bertz CT molecular complexity index is 712. The summed E-state index contributed by atoms with van der Waals surface area (Å²) in [6, 6.07) is 6.03. The first-order valence-electron chi connectivity index (χ1n) is 8.56. The number of carbonyl (C=O) groups is 1. The van der Waals surface area contributed by atoms with Gasteiger partial charge in [0, 0.05) is 23.9 Å². The molecule has 0 radical (unpaired) electrons. The van der Waals surface area contributed by atoms with Gasteiger partial charge in [0.25, 0.3) is 0 Å². The lowest BCUT2D eigenvalue weighted by Gasteiger charge is -2.33. The van der Waals surface area contributed by atoms with Gasteiger partial charge in [-0.05, 0) is 49.9 Å². The van der Waals surface area contributed by atoms with Crippen LogP contribution in [-0.4, -0.2) is 16.4 Å². The van der Waals surface area contributed by atoms with Crippen LogP contribution in [0.3, 0.4) is 0 Å². The summed E-state index contributed by atoms with van der Waals surface area (Å²) in [7, 11) is 0. The Kier molecular flexibility index (Phi) is 5.65. The van der Waals surface area contributed by atoms with Crippen LogP contribution in [0.25, 0.3) is 11.3 Å². The fraction of sp³-hybridized carbons (Fsp3) is 0.500. The second-order valence-electron chi connectivity index (χ2n) is 8.29. The van der Waals surface area contributed by atoms with Crippen LogP contribution in [0, 0.1) is 11.2 Å². The molecule has 2 rings (SSSR count). The van der Waals surface area contributed by atoms with E-state index in [4.69, 9.17) is 4.42 Å². The molecular formula is C20H27FN2O2. The SMILES string of the molecule is CC(C)(C)CC(C)(C)NC(=O)CCc1ncc(-c2ccc(F)cc2)o1. The summed E-state index contributed by atoms with van der Waals surface area (Å²) in [5, 5.41) is 3.08. The van der Waals surface area contributed by atoms with Crippen molar-refractivity contribution in [2.75, 3.05) is 0 Å². The monoisotopic (exact) mass is 346 g/mol. The molecule has 136 valence electrons. The molecule has 0 saturated carbocycles. The average molecular weight is 346 g/mol. The van der Waals surface area contributed by atoms with Crippen LogP contribution in [0.2, 0.25) is 0 Å². The van der Waals surface area contributed by atoms with E-state index in [0.717, 1.165) is 12.0 Å². The molecule has 1 amide bonds. The van der Waals surface area contributed by atoms with Crippen LogP contribution in [0.15, 0.2) is 34.9 Å². The van der Waals surface area contributed by atoms with Gasteiger partial charge in [-0.25, -0.2) is 9.37 Å². The number of carbonyl (C=O) groups excluding carboxylic acids is 1. The van der Waals surface area contributed by atoms with E-state index in [-0.39, 0.29) is 22.7 Å². The van der Waals surface area contributed by atoms with Gasteiger partial charge < -0.3 is 9.73 Å². The molecule has 2 aromatic rings. The van der Waals surface area contributed by atoms with Crippen molar-refractivity contribution >= 4 is 5.91 Å². The minimum Gasteiger partial charge on any atom is -0.441 e. The van der Waals surface area contributed by atoms with E-state index in [1.807, 2.05) is 13.8 Å². The van der Waals surface area contributed by atoms with Gasteiger partial charge in [-0.2, -0.15) is 0 Å². The smallest absolute Gasteiger partial charge is 0.220 e. The summed E-state index contributed by atoms with van der Waals surface area (Å²) >= 11 is 0. The van der Waals surface area contributed by atoms with Gasteiger partial charge in [-0.15, -0.1) is 0 Å². The molecule has 5 heteroatoms. The lowest BCUT2D eigenvalue weighted by Crippen LogP contribution is -2.45. The number of hydrogen-bond donors (Lipinski definition) is 1. The molecule has 0 aliphatic heterocycles. The Morgan fingerprint density at radius 1 is 1.16 bits per heavy atom. The Labute approximate surface area is 148 Å². The molecule has 0 spiro atoms. The highest BCUT2D eigenvalue weighted by Gasteiger charge is 2.26. The van der Waals surface area contributed by atoms with Crippen LogP contribution < -0.4 is 5.32 Å². The number of aryl methyl sites for hydroxylation is 1. The van der Waals surface area contributed by atoms with Crippen molar-refractivity contribution in [2.24, 2.45) is 5.41 Å². The third kappa shape index (κ3) is 6.33. The molecule has 0 fully saturated rings. The summed E-state index contributed by atoms with van der Waals surface area (Å²) in [4.78, 5) is 16.4. The van der Waals surface area contributed by atoms with Crippen LogP contribution in [0.4, 0.5) is 4.39 Å². The zero-order chi connectivity index (χ0) is 18.7. The maximum absolute atomic E-state index is 13.0. The van der Waals surface area contributed by atoms with Crippen LogP contribution in [-0.2, 0) is 11.2 Å². The minimum atomic E-state index is -0.293. The van der Waals surface area contributed by atoms with Gasteiger partial charge in [0.05, 0.1) is 6.20 Å². The first-order chi connectivity index (χ1) is 11.5. The lowest BCUT2D eigenvalue weighted by atomic mass is 9.82. The first-order valence-corrected chi connectivity index (χ1v) is 8.56. The van der Waals surface area contributed by atoms with Crippen molar-refractivity contribution in [3.63, 3.8) is 0 Å². The quantitative estimate of drug-likeness (QED) is 0.821. The fourth-order valence-electron chi connectivity index (χ4n) is 3.20. The first kappa shape index (κ1) is 19.2. The highest BCUT2D eigenvalue weighted by Crippen LogP contribution is 2.27. The van der Waals surface area contributed by atoms with Gasteiger partial charge in [-0.3, -0.25) is 4.79 Å². The highest BCUT2D eigenvalue weighted by molar-refractivity contribution is 5.76. The maximum Gasteiger partial charge on any atom is 0.220 e. The Balaban J connectivity index is 1.89. The number of aromatic nitrogens is 1.